The molecule has 1 saturated heterocycles. The molecule has 9 heteroatoms. The predicted octanol–water partition coefficient (Wildman–Crippen LogP) is 4.62. The fourth-order valence-electron chi connectivity index (χ4n) is 3.95. The average Bonchev–Trinajstić information content (AvgIpc) is 3.68. The Hall–Kier alpha value is -3.98. The minimum atomic E-state index is -0.368. The number of amides is 3. The van der Waals surface area contributed by atoms with E-state index in [-0.39, 0.29) is 42.9 Å². The first-order valence-corrected chi connectivity index (χ1v) is 12.8. The molecular weight excluding hydrogens is 492 g/mol. The maximum absolute atomic E-state index is 12.9. The van der Waals surface area contributed by atoms with Crippen molar-refractivity contribution >= 4 is 45.7 Å². The van der Waals surface area contributed by atoms with Gasteiger partial charge in [0.2, 0.25) is 0 Å². The number of hydrogen-bond acceptors (Lipinski definition) is 7. The number of ether oxygens (including phenoxy) is 3. The fourth-order valence-corrected chi connectivity index (χ4v) is 4.81. The van der Waals surface area contributed by atoms with Crippen molar-refractivity contribution in [3.8, 4) is 17.2 Å². The van der Waals surface area contributed by atoms with Crippen LogP contribution in [0.2, 0.25) is 0 Å². The van der Waals surface area contributed by atoms with Gasteiger partial charge in [-0.25, -0.2) is 0 Å². The van der Waals surface area contributed by atoms with E-state index in [1.165, 1.54) is 12.0 Å². The van der Waals surface area contributed by atoms with Crippen LogP contribution in [0.5, 0.6) is 17.2 Å². The molecule has 5 rings (SSSR count). The molecule has 0 bridgehead atoms. The SMILES string of the molecule is COc1cc(/C=C2\SC(=O)N(CCOc3cccc4ccccc34)C2=O)ccc1OCC(=O)NC1CC1. The first-order valence-electron chi connectivity index (χ1n) is 12.0. The van der Waals surface area contributed by atoms with Crippen molar-refractivity contribution in [2.24, 2.45) is 0 Å². The second kappa shape index (κ2) is 11.0. The molecule has 0 radical (unpaired) electrons. The molecule has 2 fully saturated rings. The van der Waals surface area contributed by atoms with Crippen LogP contribution in [0.4, 0.5) is 4.79 Å². The third kappa shape index (κ3) is 5.89. The van der Waals surface area contributed by atoms with Gasteiger partial charge in [-0.2, -0.15) is 0 Å². The van der Waals surface area contributed by atoms with Crippen LogP contribution in [0.3, 0.4) is 0 Å². The Morgan fingerprint density at radius 3 is 2.65 bits per heavy atom. The molecule has 0 aromatic heterocycles. The molecule has 0 unspecified atom stereocenters. The van der Waals surface area contributed by atoms with Crippen molar-refractivity contribution in [1.29, 1.82) is 0 Å². The highest BCUT2D eigenvalue weighted by Gasteiger charge is 2.35. The van der Waals surface area contributed by atoms with Crippen molar-refractivity contribution < 1.29 is 28.6 Å². The number of carbonyl (C=O) groups excluding carboxylic acids is 3. The smallest absolute Gasteiger partial charge is 0.293 e. The van der Waals surface area contributed by atoms with Crippen molar-refractivity contribution in [3.63, 3.8) is 0 Å². The second-order valence-electron chi connectivity index (χ2n) is 8.70. The summed E-state index contributed by atoms with van der Waals surface area (Å²) in [5.74, 6) is 1.01. The minimum absolute atomic E-state index is 0.105. The van der Waals surface area contributed by atoms with Crippen LogP contribution in [-0.4, -0.2) is 54.9 Å². The van der Waals surface area contributed by atoms with Gasteiger partial charge in [0.05, 0.1) is 18.6 Å². The fraction of sp³-hybridized carbons (Fsp3) is 0.250. The summed E-state index contributed by atoms with van der Waals surface area (Å²) in [6.45, 7) is 0.226. The highest BCUT2D eigenvalue weighted by molar-refractivity contribution is 8.18. The summed E-state index contributed by atoms with van der Waals surface area (Å²) in [7, 11) is 1.50. The van der Waals surface area contributed by atoms with Crippen molar-refractivity contribution in [1.82, 2.24) is 10.2 Å². The van der Waals surface area contributed by atoms with Gasteiger partial charge in [-0.3, -0.25) is 19.3 Å². The molecule has 37 heavy (non-hydrogen) atoms. The Morgan fingerprint density at radius 1 is 1.03 bits per heavy atom. The summed E-state index contributed by atoms with van der Waals surface area (Å²) < 4.78 is 16.9. The molecule has 0 atom stereocenters. The van der Waals surface area contributed by atoms with Gasteiger partial charge in [0.15, 0.2) is 18.1 Å². The van der Waals surface area contributed by atoms with Gasteiger partial charge in [0, 0.05) is 11.4 Å². The number of nitrogens with one attached hydrogen (secondary N) is 1. The van der Waals surface area contributed by atoms with Gasteiger partial charge in [-0.1, -0.05) is 42.5 Å². The summed E-state index contributed by atoms with van der Waals surface area (Å²) in [6, 6.07) is 19.1. The van der Waals surface area contributed by atoms with Gasteiger partial charge in [0.25, 0.3) is 17.1 Å². The van der Waals surface area contributed by atoms with E-state index in [1.54, 1.807) is 24.3 Å². The number of imide groups is 1. The zero-order valence-corrected chi connectivity index (χ0v) is 21.1. The van der Waals surface area contributed by atoms with Crippen LogP contribution in [0.15, 0.2) is 65.6 Å². The van der Waals surface area contributed by atoms with E-state index < -0.39 is 0 Å². The Kier molecular flexibility index (Phi) is 7.32. The molecule has 1 aliphatic heterocycles. The van der Waals surface area contributed by atoms with Crippen LogP contribution in [0, 0.1) is 0 Å². The van der Waals surface area contributed by atoms with Crippen LogP contribution in [-0.2, 0) is 9.59 Å². The van der Waals surface area contributed by atoms with Gasteiger partial charge in [-0.05, 0) is 59.8 Å². The Labute approximate surface area is 218 Å². The van der Waals surface area contributed by atoms with Gasteiger partial charge in [-0.15, -0.1) is 0 Å². The Balaban J connectivity index is 1.20. The summed E-state index contributed by atoms with van der Waals surface area (Å²) in [5.41, 5.74) is 0.670. The molecule has 0 spiro atoms. The van der Waals surface area contributed by atoms with Crippen LogP contribution >= 0.6 is 11.8 Å². The highest BCUT2D eigenvalue weighted by Crippen LogP contribution is 2.35. The van der Waals surface area contributed by atoms with Gasteiger partial charge < -0.3 is 19.5 Å². The zero-order chi connectivity index (χ0) is 25.8. The normalized spacial score (nSPS) is 16.4. The molecule has 190 valence electrons. The number of nitrogens with zero attached hydrogens (tertiary/aromatic N) is 1. The van der Waals surface area contributed by atoms with Crippen LogP contribution < -0.4 is 19.5 Å². The van der Waals surface area contributed by atoms with E-state index >= 15 is 0 Å². The number of hydrogen-bond donors (Lipinski definition) is 1. The lowest BCUT2D eigenvalue weighted by Crippen LogP contribution is -2.32. The molecule has 2 aliphatic rings. The predicted molar refractivity (Wildman–Crippen MR) is 142 cm³/mol. The molecule has 8 nitrogen and oxygen atoms in total. The van der Waals surface area contributed by atoms with Crippen LogP contribution in [0.1, 0.15) is 18.4 Å². The van der Waals surface area contributed by atoms with E-state index in [4.69, 9.17) is 14.2 Å². The largest absolute Gasteiger partial charge is 0.493 e. The van der Waals surface area contributed by atoms with E-state index in [0.29, 0.717) is 27.7 Å². The number of thioether (sulfide) groups is 1. The average molecular weight is 519 g/mol. The molecular formula is C28H26N2O6S. The Morgan fingerprint density at radius 2 is 1.84 bits per heavy atom. The number of rotatable bonds is 10. The molecule has 1 N–H and O–H groups in total. The summed E-state index contributed by atoms with van der Waals surface area (Å²) in [5, 5.41) is 4.56. The topological polar surface area (TPSA) is 94.2 Å². The number of methoxy groups -OCH3 is 1. The third-order valence-electron chi connectivity index (χ3n) is 5.98. The number of fused-ring (bicyclic) bond motifs is 1. The molecule has 3 aromatic carbocycles. The molecule has 1 aliphatic carbocycles. The third-order valence-corrected chi connectivity index (χ3v) is 6.89. The highest BCUT2D eigenvalue weighted by atomic mass is 32.2. The molecule has 3 amide bonds. The lowest BCUT2D eigenvalue weighted by Gasteiger charge is -2.14. The maximum Gasteiger partial charge on any atom is 0.293 e. The van der Waals surface area contributed by atoms with E-state index in [9.17, 15) is 14.4 Å². The summed E-state index contributed by atoms with van der Waals surface area (Å²) >= 11 is 0.887. The van der Waals surface area contributed by atoms with E-state index in [1.807, 2.05) is 42.5 Å². The first-order chi connectivity index (χ1) is 18.0. The summed E-state index contributed by atoms with van der Waals surface area (Å²) in [6.07, 6.45) is 3.65. The van der Waals surface area contributed by atoms with Gasteiger partial charge >= 0.3 is 0 Å². The first kappa shape index (κ1) is 24.7. The van der Waals surface area contributed by atoms with Crippen LogP contribution in [0.25, 0.3) is 16.8 Å². The zero-order valence-electron chi connectivity index (χ0n) is 20.3. The molecule has 1 saturated carbocycles. The second-order valence-corrected chi connectivity index (χ2v) is 9.69. The van der Waals surface area contributed by atoms with Crippen molar-refractivity contribution in [2.45, 2.75) is 18.9 Å². The monoisotopic (exact) mass is 518 g/mol. The number of benzene rings is 3. The maximum atomic E-state index is 12.9. The number of carbonyl (C=O) groups is 3. The quantitative estimate of drug-likeness (QED) is 0.392. The lowest BCUT2D eigenvalue weighted by molar-refractivity contribution is -0.123. The van der Waals surface area contributed by atoms with E-state index in [2.05, 4.69) is 5.32 Å². The van der Waals surface area contributed by atoms with Crippen molar-refractivity contribution in [2.75, 3.05) is 26.9 Å². The molecule has 3 aromatic rings. The van der Waals surface area contributed by atoms with E-state index in [0.717, 1.165) is 35.4 Å². The minimum Gasteiger partial charge on any atom is -0.493 e. The van der Waals surface area contributed by atoms with Crippen molar-refractivity contribution in [3.05, 3.63) is 71.1 Å². The summed E-state index contributed by atoms with van der Waals surface area (Å²) in [4.78, 5) is 38.9. The van der Waals surface area contributed by atoms with Gasteiger partial charge in [0.1, 0.15) is 12.4 Å². The standard InChI is InChI=1S/C28H26N2O6S/c1-34-24-15-18(9-12-23(24)36-17-26(31)29-20-10-11-20)16-25-27(32)30(28(33)37-25)13-14-35-22-8-4-6-19-5-2-3-7-21(19)22/h2-9,12,15-16,20H,10-11,13-14,17H2,1H3,(H,29,31)/b25-16-. The lowest BCUT2D eigenvalue weighted by atomic mass is 10.1. The molecule has 1 heterocycles. The Bertz CT molecular complexity index is 1380.